The fraction of sp³-hybridized carbons (Fsp3) is 0.143. The lowest BCUT2D eigenvalue weighted by atomic mass is 10.4. The van der Waals surface area contributed by atoms with E-state index >= 15 is 0 Å². The molecule has 0 bridgehead atoms. The van der Waals surface area contributed by atoms with Gasteiger partial charge in [-0.05, 0) is 24.3 Å². The Hall–Kier alpha value is -1.73. The number of nitro groups is 1. The van der Waals surface area contributed by atoms with Gasteiger partial charge in [-0.3, -0.25) is 10.1 Å². The standard InChI is InChI=1S/C14H15NO2P/c1-2-18(15(16)17,13-9-5-3-6-10-13)14-11-7-4-8-12-14/h3-12H,2H2,1H3. The maximum absolute atomic E-state index is 11.7. The van der Waals surface area contributed by atoms with Crippen LogP contribution in [0.1, 0.15) is 6.92 Å². The Labute approximate surface area is 107 Å². The predicted molar refractivity (Wildman–Crippen MR) is 76.6 cm³/mol. The smallest absolute Gasteiger partial charge is 0.225 e. The van der Waals surface area contributed by atoms with Crippen LogP contribution in [-0.4, -0.2) is 10.9 Å². The van der Waals surface area contributed by atoms with Crippen molar-refractivity contribution in [3.63, 3.8) is 0 Å². The van der Waals surface area contributed by atoms with Crippen LogP contribution in [0.5, 0.6) is 0 Å². The Morgan fingerprint density at radius 1 is 0.944 bits per heavy atom. The molecule has 2 rings (SSSR count). The van der Waals surface area contributed by atoms with Gasteiger partial charge in [0.05, 0.1) is 0 Å². The van der Waals surface area contributed by atoms with E-state index < -0.39 is 7.41 Å². The van der Waals surface area contributed by atoms with E-state index in [1.807, 2.05) is 67.6 Å². The zero-order valence-corrected chi connectivity index (χ0v) is 11.1. The Morgan fingerprint density at radius 2 is 1.33 bits per heavy atom. The van der Waals surface area contributed by atoms with Gasteiger partial charge in [0, 0.05) is 21.5 Å². The quantitative estimate of drug-likeness (QED) is 0.482. The van der Waals surface area contributed by atoms with Crippen molar-refractivity contribution >= 4 is 18.0 Å². The van der Waals surface area contributed by atoms with Crippen LogP contribution in [0.15, 0.2) is 60.7 Å². The van der Waals surface area contributed by atoms with Gasteiger partial charge in [-0.2, -0.15) is 0 Å². The third kappa shape index (κ3) is 2.02. The second-order valence-corrected chi connectivity index (χ2v) is 7.53. The van der Waals surface area contributed by atoms with E-state index in [1.54, 1.807) is 0 Å². The summed E-state index contributed by atoms with van der Waals surface area (Å²) >= 11 is 0. The topological polar surface area (TPSA) is 43.1 Å². The van der Waals surface area contributed by atoms with Crippen LogP contribution >= 0.6 is 7.41 Å². The molecule has 4 heteroatoms. The summed E-state index contributed by atoms with van der Waals surface area (Å²) in [6.07, 6.45) is 0.536. The van der Waals surface area contributed by atoms with Crippen LogP contribution in [0.2, 0.25) is 0 Å². The van der Waals surface area contributed by atoms with Crippen LogP contribution in [0.4, 0.5) is 0 Å². The SMILES string of the molecule is CC[P](c1ccccc1)(c1ccccc1)[N+](=O)[O-]. The molecule has 3 nitrogen and oxygen atoms in total. The van der Waals surface area contributed by atoms with Gasteiger partial charge < -0.3 is 0 Å². The molecule has 0 aliphatic heterocycles. The molecule has 0 atom stereocenters. The van der Waals surface area contributed by atoms with Crippen molar-refractivity contribution in [1.29, 1.82) is 0 Å². The van der Waals surface area contributed by atoms with Crippen LogP contribution in [0.25, 0.3) is 0 Å². The molecule has 0 heterocycles. The first-order valence-electron chi connectivity index (χ1n) is 5.86. The number of nitrogens with zero attached hydrogens (tertiary/aromatic N) is 1. The number of benzene rings is 2. The highest BCUT2D eigenvalue weighted by molar-refractivity contribution is 7.84. The van der Waals surface area contributed by atoms with E-state index in [2.05, 4.69) is 0 Å². The van der Waals surface area contributed by atoms with E-state index in [0.717, 1.165) is 10.6 Å². The zero-order chi connectivity index (χ0) is 13.0. The molecule has 2 aromatic carbocycles. The minimum Gasteiger partial charge on any atom is -0.263 e. The predicted octanol–water partition coefficient (Wildman–Crippen LogP) is 2.87. The Morgan fingerprint density at radius 3 is 1.61 bits per heavy atom. The van der Waals surface area contributed by atoms with Crippen molar-refractivity contribution < 1.29 is 4.69 Å². The highest BCUT2D eigenvalue weighted by Gasteiger charge is 2.43. The van der Waals surface area contributed by atoms with Crippen LogP contribution in [-0.2, 0) is 0 Å². The fourth-order valence-electron chi connectivity index (χ4n) is 2.17. The Bertz CT molecular complexity index is 489. The average Bonchev–Trinajstić information content (AvgIpc) is 2.42. The molecule has 0 aliphatic rings. The van der Waals surface area contributed by atoms with E-state index in [4.69, 9.17) is 0 Å². The highest BCUT2D eigenvalue weighted by atomic mass is 31.2. The molecule has 1 radical (unpaired) electrons. The summed E-state index contributed by atoms with van der Waals surface area (Å²) in [5, 5.41) is 13.4. The minimum absolute atomic E-state index is 0.0718. The van der Waals surface area contributed by atoms with Gasteiger partial charge in [0.1, 0.15) is 0 Å². The van der Waals surface area contributed by atoms with Crippen molar-refractivity contribution in [1.82, 2.24) is 0 Å². The van der Waals surface area contributed by atoms with Gasteiger partial charge in [0.25, 0.3) is 0 Å². The molecule has 0 spiro atoms. The van der Waals surface area contributed by atoms with Crippen molar-refractivity contribution in [2.24, 2.45) is 0 Å². The second kappa shape index (κ2) is 5.28. The molecule has 0 aliphatic carbocycles. The Kier molecular flexibility index (Phi) is 3.73. The zero-order valence-electron chi connectivity index (χ0n) is 10.2. The van der Waals surface area contributed by atoms with Crippen LogP contribution < -0.4 is 10.6 Å². The summed E-state index contributed by atoms with van der Waals surface area (Å²) in [5.41, 5.74) is 0. The molecule has 0 unspecified atom stereocenters. The van der Waals surface area contributed by atoms with E-state index in [1.165, 1.54) is 0 Å². The van der Waals surface area contributed by atoms with Crippen molar-refractivity contribution in [2.45, 2.75) is 6.92 Å². The lowest BCUT2D eigenvalue weighted by Gasteiger charge is -2.26. The molecule has 2 aromatic rings. The molecular weight excluding hydrogens is 245 g/mol. The molecule has 0 N–H and O–H groups in total. The number of hydrogen-bond acceptors (Lipinski definition) is 2. The van der Waals surface area contributed by atoms with Crippen LogP contribution in [0.3, 0.4) is 0 Å². The van der Waals surface area contributed by atoms with Gasteiger partial charge in [-0.25, -0.2) is 0 Å². The lowest BCUT2D eigenvalue weighted by molar-refractivity contribution is -0.305. The first-order valence-corrected chi connectivity index (χ1v) is 7.78. The van der Waals surface area contributed by atoms with Crippen molar-refractivity contribution in [3.8, 4) is 0 Å². The van der Waals surface area contributed by atoms with Gasteiger partial charge in [-0.15, -0.1) is 0 Å². The molecular formula is C14H15NO2P. The van der Waals surface area contributed by atoms with Gasteiger partial charge in [0.2, 0.25) is 7.41 Å². The summed E-state index contributed by atoms with van der Waals surface area (Å²) in [5.74, 6) is 0. The normalized spacial score (nSPS) is 11.2. The van der Waals surface area contributed by atoms with E-state index in [-0.39, 0.29) is 4.69 Å². The average molecular weight is 260 g/mol. The first kappa shape index (κ1) is 12.7. The molecule has 93 valence electrons. The van der Waals surface area contributed by atoms with Crippen LogP contribution in [0, 0.1) is 10.1 Å². The largest absolute Gasteiger partial charge is 0.263 e. The third-order valence-corrected chi connectivity index (χ3v) is 6.88. The van der Waals surface area contributed by atoms with Gasteiger partial charge >= 0.3 is 0 Å². The fourth-order valence-corrected chi connectivity index (χ4v) is 5.13. The first-order chi connectivity index (χ1) is 8.71. The summed E-state index contributed by atoms with van der Waals surface area (Å²) in [6, 6.07) is 18.7. The second-order valence-electron chi connectivity index (χ2n) is 3.99. The maximum Gasteiger partial charge on any atom is 0.225 e. The molecule has 0 amide bonds. The summed E-state index contributed by atoms with van der Waals surface area (Å²) in [4.78, 5) is 11.7. The highest BCUT2D eigenvalue weighted by Crippen LogP contribution is 2.55. The third-order valence-electron chi connectivity index (χ3n) is 3.10. The molecule has 0 saturated carbocycles. The summed E-state index contributed by atoms with van der Waals surface area (Å²) < 4.78 is -0.0718. The van der Waals surface area contributed by atoms with E-state index in [9.17, 15) is 10.1 Å². The lowest BCUT2D eigenvalue weighted by Crippen LogP contribution is -2.29. The molecule has 0 saturated heterocycles. The molecule has 18 heavy (non-hydrogen) atoms. The van der Waals surface area contributed by atoms with Crippen molar-refractivity contribution in [2.75, 3.05) is 6.16 Å². The minimum atomic E-state index is -2.53. The molecule has 0 aromatic heterocycles. The molecule has 0 fully saturated rings. The maximum atomic E-state index is 11.7. The number of hydrogen-bond donors (Lipinski definition) is 0. The van der Waals surface area contributed by atoms with Gasteiger partial charge in [-0.1, -0.05) is 43.3 Å². The van der Waals surface area contributed by atoms with Crippen molar-refractivity contribution in [3.05, 3.63) is 70.8 Å². The summed E-state index contributed by atoms with van der Waals surface area (Å²) in [7, 11) is -2.53. The summed E-state index contributed by atoms with van der Waals surface area (Å²) in [6.45, 7) is 1.90. The monoisotopic (exact) mass is 260 g/mol. The number of rotatable bonds is 4. The van der Waals surface area contributed by atoms with E-state index in [0.29, 0.717) is 6.16 Å². The Balaban J connectivity index is 2.65. The van der Waals surface area contributed by atoms with Gasteiger partial charge in [0.15, 0.2) is 0 Å².